The van der Waals surface area contributed by atoms with Crippen molar-refractivity contribution in [2.24, 2.45) is 11.3 Å². The first-order chi connectivity index (χ1) is 11.0. The van der Waals surface area contributed by atoms with Gasteiger partial charge in [-0.3, -0.25) is 9.59 Å². The van der Waals surface area contributed by atoms with E-state index >= 15 is 0 Å². The first-order valence-corrected chi connectivity index (χ1v) is 8.09. The van der Waals surface area contributed by atoms with Crippen molar-refractivity contribution in [1.82, 2.24) is 5.32 Å². The van der Waals surface area contributed by atoms with Gasteiger partial charge in [0.25, 0.3) is 5.91 Å². The minimum absolute atomic E-state index is 0.0922. The lowest BCUT2D eigenvalue weighted by Gasteiger charge is -2.18. The van der Waals surface area contributed by atoms with E-state index in [-0.39, 0.29) is 23.9 Å². The fourth-order valence-corrected chi connectivity index (χ4v) is 1.86. The zero-order valence-corrected chi connectivity index (χ0v) is 14.9. The fourth-order valence-electron chi connectivity index (χ4n) is 1.86. The van der Waals surface area contributed by atoms with Gasteiger partial charge in [-0.2, -0.15) is 0 Å². The third-order valence-electron chi connectivity index (χ3n) is 3.65. The summed E-state index contributed by atoms with van der Waals surface area (Å²) in [5.74, 6) is -1.36. The summed E-state index contributed by atoms with van der Waals surface area (Å²) in [7, 11) is 0. The van der Waals surface area contributed by atoms with E-state index in [4.69, 9.17) is 0 Å². The number of rotatable bonds is 6. The molecule has 1 aromatic rings. The van der Waals surface area contributed by atoms with Crippen molar-refractivity contribution in [3.05, 3.63) is 29.6 Å². The van der Waals surface area contributed by atoms with Gasteiger partial charge in [0.2, 0.25) is 5.91 Å². The molecule has 1 atom stereocenters. The Hall–Kier alpha value is -1.95. The standard InChI is InChI=1S/C18H27FN2O3/c1-11(2)15(22)8-9-20-16(23)13-10-12(6-7-14(13)19)21-17(24)18(3,4)5/h6-7,10-11,15,22H,8-9H2,1-5H3,(H,20,23)(H,21,24). The lowest BCUT2D eigenvalue weighted by atomic mass is 9.95. The summed E-state index contributed by atoms with van der Waals surface area (Å²) < 4.78 is 13.9. The van der Waals surface area contributed by atoms with Crippen LogP contribution in [0.5, 0.6) is 0 Å². The molecule has 1 rings (SSSR count). The number of anilines is 1. The topological polar surface area (TPSA) is 78.4 Å². The Morgan fingerprint density at radius 2 is 1.88 bits per heavy atom. The lowest BCUT2D eigenvalue weighted by Crippen LogP contribution is -2.30. The molecule has 0 fully saturated rings. The molecule has 0 aliphatic carbocycles. The van der Waals surface area contributed by atoms with Crippen molar-refractivity contribution in [2.75, 3.05) is 11.9 Å². The van der Waals surface area contributed by atoms with Crippen molar-refractivity contribution >= 4 is 17.5 Å². The number of aliphatic hydroxyl groups is 1. The van der Waals surface area contributed by atoms with E-state index in [1.807, 2.05) is 13.8 Å². The van der Waals surface area contributed by atoms with E-state index in [1.165, 1.54) is 12.1 Å². The van der Waals surface area contributed by atoms with Crippen LogP contribution in [0.15, 0.2) is 18.2 Å². The molecule has 0 aliphatic heterocycles. The van der Waals surface area contributed by atoms with Gasteiger partial charge in [-0.15, -0.1) is 0 Å². The zero-order valence-electron chi connectivity index (χ0n) is 14.9. The molecule has 6 heteroatoms. The van der Waals surface area contributed by atoms with Crippen LogP contribution >= 0.6 is 0 Å². The van der Waals surface area contributed by atoms with E-state index < -0.39 is 23.2 Å². The van der Waals surface area contributed by atoms with Crippen molar-refractivity contribution in [2.45, 2.75) is 47.1 Å². The molecule has 0 aromatic heterocycles. The Balaban J connectivity index is 2.75. The zero-order chi connectivity index (χ0) is 18.5. The fraction of sp³-hybridized carbons (Fsp3) is 0.556. The highest BCUT2D eigenvalue weighted by atomic mass is 19.1. The summed E-state index contributed by atoms with van der Waals surface area (Å²) in [5.41, 5.74) is -0.367. The summed E-state index contributed by atoms with van der Waals surface area (Å²) in [6.45, 7) is 9.30. The molecule has 1 aromatic carbocycles. The summed E-state index contributed by atoms with van der Waals surface area (Å²) >= 11 is 0. The van der Waals surface area contributed by atoms with Crippen LogP contribution in [-0.4, -0.2) is 29.6 Å². The van der Waals surface area contributed by atoms with Crippen LogP contribution in [-0.2, 0) is 4.79 Å². The molecule has 0 saturated carbocycles. The van der Waals surface area contributed by atoms with Crippen LogP contribution in [0.2, 0.25) is 0 Å². The smallest absolute Gasteiger partial charge is 0.254 e. The van der Waals surface area contributed by atoms with E-state index in [2.05, 4.69) is 10.6 Å². The molecule has 2 amide bonds. The first-order valence-electron chi connectivity index (χ1n) is 8.09. The molecule has 5 nitrogen and oxygen atoms in total. The number of benzene rings is 1. The Morgan fingerprint density at radius 1 is 1.25 bits per heavy atom. The monoisotopic (exact) mass is 338 g/mol. The maximum absolute atomic E-state index is 13.9. The molecule has 3 N–H and O–H groups in total. The highest BCUT2D eigenvalue weighted by molar-refractivity contribution is 5.98. The van der Waals surface area contributed by atoms with Crippen LogP contribution in [0.1, 0.15) is 51.4 Å². The normalized spacial score (nSPS) is 12.8. The van der Waals surface area contributed by atoms with Crippen LogP contribution in [0.3, 0.4) is 0 Å². The Morgan fingerprint density at radius 3 is 2.42 bits per heavy atom. The van der Waals surface area contributed by atoms with Gasteiger partial charge in [-0.25, -0.2) is 4.39 Å². The molecular formula is C18H27FN2O3. The molecule has 134 valence electrons. The number of hydrogen-bond donors (Lipinski definition) is 3. The molecule has 0 spiro atoms. The number of carbonyl (C=O) groups excluding carboxylic acids is 2. The predicted molar refractivity (Wildman–Crippen MR) is 92.3 cm³/mol. The van der Waals surface area contributed by atoms with Crippen molar-refractivity contribution in [3.8, 4) is 0 Å². The SMILES string of the molecule is CC(C)C(O)CCNC(=O)c1cc(NC(=O)C(C)(C)C)ccc1F. The van der Waals surface area contributed by atoms with Gasteiger partial charge < -0.3 is 15.7 Å². The number of hydrogen-bond acceptors (Lipinski definition) is 3. The number of carbonyl (C=O) groups is 2. The molecule has 0 heterocycles. The van der Waals surface area contributed by atoms with E-state index in [9.17, 15) is 19.1 Å². The van der Waals surface area contributed by atoms with Crippen LogP contribution in [0, 0.1) is 17.2 Å². The van der Waals surface area contributed by atoms with E-state index in [0.717, 1.165) is 6.07 Å². The maximum atomic E-state index is 13.9. The summed E-state index contributed by atoms with van der Waals surface area (Å²) in [6.07, 6.45) is -0.126. The van der Waals surface area contributed by atoms with Crippen molar-refractivity contribution < 1.29 is 19.1 Å². The molecule has 0 radical (unpaired) electrons. The summed E-state index contributed by atoms with van der Waals surface area (Å²) in [6, 6.07) is 3.88. The Kier molecular flexibility index (Phi) is 6.90. The summed E-state index contributed by atoms with van der Waals surface area (Å²) in [5, 5.41) is 15.0. The highest BCUT2D eigenvalue weighted by Crippen LogP contribution is 2.19. The average Bonchev–Trinajstić information content (AvgIpc) is 2.47. The van der Waals surface area contributed by atoms with Crippen LogP contribution < -0.4 is 10.6 Å². The molecule has 0 aliphatic rings. The number of nitrogens with one attached hydrogen (secondary N) is 2. The van der Waals surface area contributed by atoms with Crippen LogP contribution in [0.25, 0.3) is 0 Å². The second-order valence-electron chi connectivity index (χ2n) is 7.25. The van der Waals surface area contributed by atoms with Gasteiger partial charge in [0.05, 0.1) is 11.7 Å². The molecule has 0 saturated heterocycles. The highest BCUT2D eigenvalue weighted by Gasteiger charge is 2.22. The number of aliphatic hydroxyl groups excluding tert-OH is 1. The molecular weight excluding hydrogens is 311 g/mol. The second kappa shape index (κ2) is 8.24. The minimum Gasteiger partial charge on any atom is -0.393 e. The second-order valence-corrected chi connectivity index (χ2v) is 7.25. The van der Waals surface area contributed by atoms with Crippen LogP contribution in [0.4, 0.5) is 10.1 Å². The first kappa shape index (κ1) is 20.1. The molecule has 24 heavy (non-hydrogen) atoms. The van der Waals surface area contributed by atoms with Gasteiger partial charge in [0, 0.05) is 17.6 Å². The van der Waals surface area contributed by atoms with Crippen molar-refractivity contribution in [1.29, 1.82) is 0 Å². The van der Waals surface area contributed by atoms with Gasteiger partial charge in [0.1, 0.15) is 5.82 Å². The van der Waals surface area contributed by atoms with Gasteiger partial charge in [0.15, 0.2) is 0 Å². The molecule has 0 bridgehead atoms. The van der Waals surface area contributed by atoms with Gasteiger partial charge >= 0.3 is 0 Å². The van der Waals surface area contributed by atoms with E-state index in [0.29, 0.717) is 12.1 Å². The molecule has 1 unspecified atom stereocenters. The third kappa shape index (κ3) is 5.92. The van der Waals surface area contributed by atoms with Gasteiger partial charge in [-0.05, 0) is 30.5 Å². The average molecular weight is 338 g/mol. The summed E-state index contributed by atoms with van der Waals surface area (Å²) in [4.78, 5) is 24.1. The Labute approximate surface area is 142 Å². The van der Waals surface area contributed by atoms with Crippen molar-refractivity contribution in [3.63, 3.8) is 0 Å². The number of amides is 2. The Bertz CT molecular complexity index is 594. The quantitative estimate of drug-likeness (QED) is 0.746. The maximum Gasteiger partial charge on any atom is 0.254 e. The third-order valence-corrected chi connectivity index (χ3v) is 3.65. The van der Waals surface area contributed by atoms with Gasteiger partial charge in [-0.1, -0.05) is 34.6 Å². The predicted octanol–water partition coefficient (Wildman–Crippen LogP) is 2.95. The number of halogens is 1. The largest absolute Gasteiger partial charge is 0.393 e. The van der Waals surface area contributed by atoms with E-state index in [1.54, 1.807) is 20.8 Å². The minimum atomic E-state index is -0.661. The lowest BCUT2D eigenvalue weighted by molar-refractivity contribution is -0.123.